The van der Waals surface area contributed by atoms with Crippen LogP contribution in [-0.4, -0.2) is 38.6 Å². The Balaban J connectivity index is 1.66. The minimum absolute atomic E-state index is 0.0565. The molecule has 38 heavy (non-hydrogen) atoms. The average Bonchev–Trinajstić information content (AvgIpc) is 3.15. The van der Waals surface area contributed by atoms with Gasteiger partial charge in [0, 0.05) is 42.4 Å². The molecule has 1 heterocycles. The number of carbonyl (C=O) groups is 2. The van der Waals surface area contributed by atoms with Gasteiger partial charge < -0.3 is 14.8 Å². The summed E-state index contributed by atoms with van der Waals surface area (Å²) in [6.07, 6.45) is 1.70. The van der Waals surface area contributed by atoms with E-state index in [1.54, 1.807) is 12.1 Å². The molecule has 5 nitrogen and oxygen atoms in total. The lowest BCUT2D eigenvalue weighted by atomic mass is 9.58. The molecule has 3 aromatic rings. The maximum atomic E-state index is 13.7. The lowest BCUT2D eigenvalue weighted by Gasteiger charge is -2.46. The fraction of sp³-hybridized carbons (Fsp3) is 0.500. The summed E-state index contributed by atoms with van der Waals surface area (Å²) in [6.45, 7) is 8.41. The number of aliphatic hydroxyl groups excluding tert-OH is 2. The van der Waals surface area contributed by atoms with Gasteiger partial charge in [0.1, 0.15) is 17.4 Å². The summed E-state index contributed by atoms with van der Waals surface area (Å²) >= 11 is 0. The second-order valence-electron chi connectivity index (χ2n) is 13.1. The molecule has 2 fully saturated rings. The fourth-order valence-electron chi connectivity index (χ4n) is 7.09. The third-order valence-corrected chi connectivity index (χ3v) is 8.62. The molecule has 2 N–H and O–H groups in total. The molecule has 0 amide bonds. The van der Waals surface area contributed by atoms with Crippen LogP contribution < -0.4 is 0 Å². The number of fused-ring (bicyclic) bond motifs is 1. The number of benzene rings is 2. The van der Waals surface area contributed by atoms with E-state index < -0.39 is 30.0 Å². The smallest absolute Gasteiger partial charge is 0.139 e. The lowest BCUT2D eigenvalue weighted by Crippen LogP contribution is -2.51. The number of nitrogens with zero attached hydrogens (tertiary/aromatic N) is 1. The SMILES string of the molecule is CC1(C)CC(=O)[C@H](C(c2cn(Cc3ccc(F)cc3)c3ccccc23)[C@@H]2C(=O)CC(C)(C)C[C@H]2O)[C@H](O)C1. The molecule has 1 unspecified atom stereocenters. The number of hydrogen-bond acceptors (Lipinski definition) is 4. The molecule has 0 spiro atoms. The van der Waals surface area contributed by atoms with Gasteiger partial charge in [-0.2, -0.15) is 0 Å². The van der Waals surface area contributed by atoms with Crippen LogP contribution >= 0.6 is 0 Å². The molecule has 5 atom stereocenters. The first-order chi connectivity index (χ1) is 17.8. The second kappa shape index (κ2) is 9.73. The fourth-order valence-corrected chi connectivity index (χ4v) is 7.09. The molecule has 6 heteroatoms. The van der Waals surface area contributed by atoms with Crippen molar-refractivity contribution in [2.24, 2.45) is 22.7 Å². The van der Waals surface area contributed by atoms with Gasteiger partial charge in [-0.15, -0.1) is 0 Å². The van der Waals surface area contributed by atoms with Gasteiger partial charge in [0.15, 0.2) is 0 Å². The highest BCUT2D eigenvalue weighted by atomic mass is 19.1. The molecule has 5 rings (SSSR count). The van der Waals surface area contributed by atoms with Crippen molar-refractivity contribution in [1.82, 2.24) is 4.57 Å². The quantitative estimate of drug-likeness (QED) is 0.457. The van der Waals surface area contributed by atoms with Crippen LogP contribution in [-0.2, 0) is 16.1 Å². The summed E-state index contributed by atoms with van der Waals surface area (Å²) in [5.41, 5.74) is 1.99. The van der Waals surface area contributed by atoms with Gasteiger partial charge in [-0.05, 0) is 53.0 Å². The van der Waals surface area contributed by atoms with E-state index >= 15 is 0 Å². The highest BCUT2D eigenvalue weighted by molar-refractivity contribution is 5.92. The summed E-state index contributed by atoms with van der Waals surface area (Å²) in [5.74, 6) is -2.62. The zero-order chi connectivity index (χ0) is 27.4. The molecule has 0 radical (unpaired) electrons. The van der Waals surface area contributed by atoms with E-state index in [4.69, 9.17) is 0 Å². The molecular weight excluding hydrogens is 481 g/mol. The number of rotatable bonds is 5. The molecule has 202 valence electrons. The van der Waals surface area contributed by atoms with Crippen LogP contribution in [0.5, 0.6) is 0 Å². The van der Waals surface area contributed by atoms with Crippen LogP contribution in [0.2, 0.25) is 0 Å². The van der Waals surface area contributed by atoms with Crippen molar-refractivity contribution in [3.8, 4) is 0 Å². The van der Waals surface area contributed by atoms with Gasteiger partial charge in [0.25, 0.3) is 0 Å². The highest BCUT2D eigenvalue weighted by Gasteiger charge is 2.52. The van der Waals surface area contributed by atoms with E-state index in [0.717, 1.165) is 22.0 Å². The van der Waals surface area contributed by atoms with Gasteiger partial charge in [0.2, 0.25) is 0 Å². The van der Waals surface area contributed by atoms with E-state index in [1.807, 2.05) is 58.2 Å². The van der Waals surface area contributed by atoms with E-state index in [0.29, 0.717) is 32.2 Å². The Morgan fingerprint density at radius 2 is 1.39 bits per heavy atom. The van der Waals surface area contributed by atoms with Crippen molar-refractivity contribution in [2.45, 2.75) is 78.0 Å². The largest absolute Gasteiger partial charge is 0.392 e. The zero-order valence-electron chi connectivity index (χ0n) is 22.7. The Kier molecular flexibility index (Phi) is 6.85. The van der Waals surface area contributed by atoms with Crippen molar-refractivity contribution >= 4 is 22.5 Å². The summed E-state index contributed by atoms with van der Waals surface area (Å²) in [7, 11) is 0. The molecule has 2 aromatic carbocycles. The average molecular weight is 520 g/mol. The summed E-state index contributed by atoms with van der Waals surface area (Å²) < 4.78 is 15.6. The standard InChI is InChI=1S/C32H38FNO4/c1-31(2)13-24(35)29(25(36)14-31)28(30-26(37)15-32(3,4)16-27(30)38)22-18-34(23-8-6-5-7-21(22)23)17-19-9-11-20(33)12-10-19/h5-12,18,24,26,28-30,35,37H,13-17H2,1-4H3/t24-,26-,28?,29-,30+/m1/s1. The van der Waals surface area contributed by atoms with Gasteiger partial charge in [0.05, 0.1) is 24.0 Å². The minimum Gasteiger partial charge on any atom is -0.392 e. The zero-order valence-corrected chi connectivity index (χ0v) is 22.7. The van der Waals surface area contributed by atoms with Crippen LogP contribution in [0.15, 0.2) is 54.7 Å². The van der Waals surface area contributed by atoms with Gasteiger partial charge in [-0.1, -0.05) is 58.0 Å². The van der Waals surface area contributed by atoms with E-state index in [1.165, 1.54) is 12.1 Å². The minimum atomic E-state index is -0.912. The number of hydrogen-bond donors (Lipinski definition) is 2. The summed E-state index contributed by atoms with van der Waals surface area (Å²) in [5, 5.41) is 23.7. The van der Waals surface area contributed by atoms with Gasteiger partial charge >= 0.3 is 0 Å². The van der Waals surface area contributed by atoms with Gasteiger partial charge in [-0.25, -0.2) is 4.39 Å². The molecule has 0 aliphatic heterocycles. The van der Waals surface area contributed by atoms with Crippen molar-refractivity contribution in [1.29, 1.82) is 0 Å². The van der Waals surface area contributed by atoms with Crippen LogP contribution in [0.3, 0.4) is 0 Å². The maximum Gasteiger partial charge on any atom is 0.139 e. The van der Waals surface area contributed by atoms with Gasteiger partial charge in [-0.3, -0.25) is 9.59 Å². The van der Waals surface area contributed by atoms with Crippen molar-refractivity contribution in [2.75, 3.05) is 0 Å². The summed E-state index contributed by atoms with van der Waals surface area (Å²) in [6, 6.07) is 14.2. The molecule has 2 aliphatic carbocycles. The summed E-state index contributed by atoms with van der Waals surface area (Å²) in [4.78, 5) is 27.4. The molecular formula is C32H38FNO4. The molecule has 0 saturated heterocycles. The number of ketones is 2. The first kappa shape index (κ1) is 26.8. The van der Waals surface area contributed by atoms with Crippen molar-refractivity contribution in [3.05, 3.63) is 71.7 Å². The maximum absolute atomic E-state index is 13.7. The molecule has 2 aliphatic rings. The van der Waals surface area contributed by atoms with Crippen LogP contribution in [0.1, 0.15) is 70.4 Å². The number of Topliss-reactive ketones (excluding diaryl/α,β-unsaturated/α-hetero) is 2. The third kappa shape index (κ3) is 5.08. The van der Waals surface area contributed by atoms with Crippen LogP contribution in [0.25, 0.3) is 10.9 Å². The number of carbonyl (C=O) groups excluding carboxylic acids is 2. The van der Waals surface area contributed by atoms with E-state index in [2.05, 4.69) is 4.57 Å². The Bertz CT molecular complexity index is 1310. The normalized spacial score (nSPS) is 28.0. The monoisotopic (exact) mass is 519 g/mol. The number of aromatic nitrogens is 1. The number of halogens is 1. The molecule has 2 saturated carbocycles. The third-order valence-electron chi connectivity index (χ3n) is 8.62. The Hall–Kier alpha value is -2.83. The number of aliphatic hydroxyl groups is 2. The Morgan fingerprint density at radius 1 is 0.868 bits per heavy atom. The first-order valence-corrected chi connectivity index (χ1v) is 13.6. The van der Waals surface area contributed by atoms with E-state index in [-0.39, 0.29) is 28.2 Å². The predicted molar refractivity (Wildman–Crippen MR) is 145 cm³/mol. The van der Waals surface area contributed by atoms with E-state index in [9.17, 15) is 24.2 Å². The lowest BCUT2D eigenvalue weighted by molar-refractivity contribution is -0.144. The van der Waals surface area contributed by atoms with Crippen molar-refractivity contribution < 1.29 is 24.2 Å². The molecule has 1 aromatic heterocycles. The topological polar surface area (TPSA) is 79.5 Å². The van der Waals surface area contributed by atoms with Crippen LogP contribution in [0.4, 0.5) is 4.39 Å². The second-order valence-corrected chi connectivity index (χ2v) is 13.1. The number of para-hydroxylation sites is 1. The Morgan fingerprint density at radius 3 is 1.92 bits per heavy atom. The van der Waals surface area contributed by atoms with Crippen LogP contribution in [0, 0.1) is 28.5 Å². The predicted octanol–water partition coefficient (Wildman–Crippen LogP) is 5.64. The molecule has 0 bridgehead atoms. The van der Waals surface area contributed by atoms with Crippen molar-refractivity contribution in [3.63, 3.8) is 0 Å². The Labute approximate surface area is 223 Å². The first-order valence-electron chi connectivity index (χ1n) is 13.6. The highest BCUT2D eigenvalue weighted by Crippen LogP contribution is 2.51.